The van der Waals surface area contributed by atoms with E-state index in [1.807, 2.05) is 42.5 Å². The molecule has 0 aliphatic rings. The molecule has 0 atom stereocenters. The van der Waals surface area contributed by atoms with Crippen LogP contribution in [0.25, 0.3) is 11.3 Å². The molecule has 0 unspecified atom stereocenters. The molecule has 124 valence electrons. The van der Waals surface area contributed by atoms with E-state index in [2.05, 4.69) is 27.8 Å². The van der Waals surface area contributed by atoms with Crippen LogP contribution in [0.5, 0.6) is 11.5 Å². The van der Waals surface area contributed by atoms with Gasteiger partial charge in [0, 0.05) is 17.5 Å². The second-order valence-electron chi connectivity index (χ2n) is 5.21. The predicted octanol–water partition coefficient (Wildman–Crippen LogP) is 4.70. The van der Waals surface area contributed by atoms with Crippen molar-refractivity contribution >= 4 is 16.5 Å². The first kappa shape index (κ1) is 16.3. The van der Waals surface area contributed by atoms with Gasteiger partial charge in [-0.05, 0) is 30.7 Å². The van der Waals surface area contributed by atoms with Gasteiger partial charge in [-0.1, -0.05) is 30.3 Å². The lowest BCUT2D eigenvalue weighted by molar-refractivity contribution is 0.314. The maximum atomic E-state index is 5.71. The van der Waals surface area contributed by atoms with Crippen LogP contribution in [0.4, 0.5) is 5.13 Å². The molecule has 2 aromatic carbocycles. The Morgan fingerprint density at radius 1 is 1.00 bits per heavy atom. The Hall–Kier alpha value is -2.53. The molecule has 0 amide bonds. The summed E-state index contributed by atoms with van der Waals surface area (Å²) in [5.41, 5.74) is 2.15. The number of anilines is 1. The summed E-state index contributed by atoms with van der Waals surface area (Å²) >= 11 is 1.63. The molecule has 5 heteroatoms. The van der Waals surface area contributed by atoms with Crippen molar-refractivity contribution in [3.05, 3.63) is 60.0 Å². The number of aromatic nitrogens is 1. The Kier molecular flexibility index (Phi) is 5.69. The summed E-state index contributed by atoms with van der Waals surface area (Å²) < 4.78 is 10.8. The van der Waals surface area contributed by atoms with Crippen molar-refractivity contribution in [1.82, 2.24) is 4.98 Å². The van der Waals surface area contributed by atoms with Gasteiger partial charge in [-0.25, -0.2) is 4.98 Å². The fourth-order valence-electron chi connectivity index (χ4n) is 2.23. The molecule has 0 saturated carbocycles. The van der Waals surface area contributed by atoms with Gasteiger partial charge in [0.1, 0.15) is 11.5 Å². The van der Waals surface area contributed by atoms with Gasteiger partial charge in [0.15, 0.2) is 5.13 Å². The molecule has 3 rings (SSSR count). The van der Waals surface area contributed by atoms with Gasteiger partial charge in [-0.3, -0.25) is 0 Å². The molecular weight excluding hydrogens is 320 g/mol. The zero-order valence-electron chi connectivity index (χ0n) is 13.6. The van der Waals surface area contributed by atoms with Gasteiger partial charge in [0.2, 0.25) is 0 Å². The second kappa shape index (κ2) is 8.36. The number of methoxy groups -OCH3 is 1. The SMILES string of the molecule is COc1ccc(OCCCNc2nc(-c3ccccc3)cs2)cc1. The monoisotopic (exact) mass is 340 g/mol. The number of hydrogen-bond acceptors (Lipinski definition) is 5. The first-order valence-corrected chi connectivity index (χ1v) is 8.75. The molecule has 24 heavy (non-hydrogen) atoms. The van der Waals surface area contributed by atoms with Crippen molar-refractivity contribution in [3.63, 3.8) is 0 Å². The molecule has 0 bridgehead atoms. The third kappa shape index (κ3) is 4.49. The van der Waals surface area contributed by atoms with E-state index in [4.69, 9.17) is 9.47 Å². The summed E-state index contributed by atoms with van der Waals surface area (Å²) in [4.78, 5) is 4.61. The first-order valence-electron chi connectivity index (χ1n) is 7.87. The second-order valence-corrected chi connectivity index (χ2v) is 6.07. The van der Waals surface area contributed by atoms with E-state index in [9.17, 15) is 0 Å². The van der Waals surface area contributed by atoms with Crippen LogP contribution in [0.2, 0.25) is 0 Å². The van der Waals surface area contributed by atoms with Crippen molar-refractivity contribution in [3.8, 4) is 22.8 Å². The van der Waals surface area contributed by atoms with Crippen molar-refractivity contribution < 1.29 is 9.47 Å². The van der Waals surface area contributed by atoms with Gasteiger partial charge >= 0.3 is 0 Å². The van der Waals surface area contributed by atoms with Crippen molar-refractivity contribution in [1.29, 1.82) is 0 Å². The minimum absolute atomic E-state index is 0.663. The zero-order valence-corrected chi connectivity index (χ0v) is 14.4. The van der Waals surface area contributed by atoms with Crippen molar-refractivity contribution in [2.75, 3.05) is 25.6 Å². The normalized spacial score (nSPS) is 10.4. The van der Waals surface area contributed by atoms with Gasteiger partial charge < -0.3 is 14.8 Å². The summed E-state index contributed by atoms with van der Waals surface area (Å²) in [6.45, 7) is 1.49. The predicted molar refractivity (Wildman–Crippen MR) is 99.1 cm³/mol. The van der Waals surface area contributed by atoms with E-state index >= 15 is 0 Å². The molecule has 0 spiro atoms. The maximum Gasteiger partial charge on any atom is 0.183 e. The average Bonchev–Trinajstić information content (AvgIpc) is 3.12. The Labute approximate surface area is 146 Å². The van der Waals surface area contributed by atoms with E-state index in [0.717, 1.165) is 40.9 Å². The van der Waals surface area contributed by atoms with Crippen molar-refractivity contribution in [2.24, 2.45) is 0 Å². The number of rotatable bonds is 8. The van der Waals surface area contributed by atoms with E-state index in [0.29, 0.717) is 6.61 Å². The number of hydrogen-bond donors (Lipinski definition) is 1. The minimum atomic E-state index is 0.663. The Bertz CT molecular complexity index is 742. The van der Waals surface area contributed by atoms with E-state index < -0.39 is 0 Å². The van der Waals surface area contributed by atoms with Crippen LogP contribution < -0.4 is 14.8 Å². The average molecular weight is 340 g/mol. The van der Waals surface area contributed by atoms with E-state index in [1.165, 1.54) is 0 Å². The zero-order chi connectivity index (χ0) is 16.6. The number of benzene rings is 2. The van der Waals surface area contributed by atoms with Gasteiger partial charge in [-0.2, -0.15) is 0 Å². The first-order chi connectivity index (χ1) is 11.8. The molecule has 0 fully saturated rings. The number of thiazole rings is 1. The van der Waals surface area contributed by atoms with E-state index in [-0.39, 0.29) is 0 Å². The van der Waals surface area contributed by atoms with E-state index in [1.54, 1.807) is 18.4 Å². The molecule has 1 heterocycles. The summed E-state index contributed by atoms with van der Waals surface area (Å²) in [5.74, 6) is 1.69. The number of nitrogens with one attached hydrogen (secondary N) is 1. The summed E-state index contributed by atoms with van der Waals surface area (Å²) in [7, 11) is 1.66. The van der Waals surface area contributed by atoms with Crippen molar-refractivity contribution in [2.45, 2.75) is 6.42 Å². The number of ether oxygens (including phenoxy) is 2. The maximum absolute atomic E-state index is 5.71. The highest BCUT2D eigenvalue weighted by molar-refractivity contribution is 7.14. The molecule has 0 aliphatic carbocycles. The third-order valence-corrected chi connectivity index (χ3v) is 4.30. The van der Waals surface area contributed by atoms with Gasteiger partial charge in [0.05, 0.1) is 19.4 Å². The fraction of sp³-hybridized carbons (Fsp3) is 0.211. The molecule has 1 N–H and O–H groups in total. The quantitative estimate of drug-likeness (QED) is 0.604. The lowest BCUT2D eigenvalue weighted by Gasteiger charge is -2.07. The van der Waals surface area contributed by atoms with Crippen LogP contribution in [-0.4, -0.2) is 25.2 Å². The molecule has 1 aromatic heterocycles. The standard InChI is InChI=1S/C19H20N2O2S/c1-22-16-8-10-17(11-9-16)23-13-5-12-20-19-21-18(14-24-19)15-6-3-2-4-7-15/h2-4,6-11,14H,5,12-13H2,1H3,(H,20,21). The fourth-order valence-corrected chi connectivity index (χ4v) is 2.97. The highest BCUT2D eigenvalue weighted by atomic mass is 32.1. The Morgan fingerprint density at radius 2 is 1.75 bits per heavy atom. The minimum Gasteiger partial charge on any atom is -0.497 e. The molecule has 0 aliphatic heterocycles. The Morgan fingerprint density at radius 3 is 2.50 bits per heavy atom. The van der Waals surface area contributed by atoms with Gasteiger partial charge in [-0.15, -0.1) is 11.3 Å². The van der Waals surface area contributed by atoms with Crippen LogP contribution in [0.1, 0.15) is 6.42 Å². The van der Waals surface area contributed by atoms with Gasteiger partial charge in [0.25, 0.3) is 0 Å². The van der Waals surface area contributed by atoms with Crippen LogP contribution in [0, 0.1) is 0 Å². The molecule has 4 nitrogen and oxygen atoms in total. The smallest absolute Gasteiger partial charge is 0.183 e. The Balaban J connectivity index is 1.40. The highest BCUT2D eigenvalue weighted by Gasteiger charge is 2.03. The summed E-state index contributed by atoms with van der Waals surface area (Å²) in [6, 6.07) is 17.8. The van der Waals surface area contributed by atoms with Crippen LogP contribution in [-0.2, 0) is 0 Å². The lowest BCUT2D eigenvalue weighted by atomic mass is 10.2. The highest BCUT2D eigenvalue weighted by Crippen LogP contribution is 2.24. The summed E-state index contributed by atoms with van der Waals surface area (Å²) in [5, 5.41) is 6.36. The third-order valence-electron chi connectivity index (χ3n) is 3.50. The van der Waals surface area contributed by atoms with Crippen LogP contribution in [0.15, 0.2) is 60.0 Å². The molecular formula is C19H20N2O2S. The number of nitrogens with zero attached hydrogens (tertiary/aromatic N) is 1. The largest absolute Gasteiger partial charge is 0.497 e. The molecule has 0 radical (unpaired) electrons. The summed E-state index contributed by atoms with van der Waals surface area (Å²) in [6.07, 6.45) is 0.909. The topological polar surface area (TPSA) is 43.4 Å². The van der Waals surface area contributed by atoms with Crippen LogP contribution >= 0.6 is 11.3 Å². The lowest BCUT2D eigenvalue weighted by Crippen LogP contribution is -2.07. The molecule has 3 aromatic rings. The van der Waals surface area contributed by atoms with Crippen LogP contribution in [0.3, 0.4) is 0 Å². The molecule has 0 saturated heterocycles.